The molecule has 0 amide bonds. The van der Waals surface area contributed by atoms with E-state index in [0.717, 1.165) is 6.20 Å². The third kappa shape index (κ3) is 1.42. The Kier molecular flexibility index (Phi) is 2.28. The average molecular weight is 222 g/mol. The molecule has 0 aliphatic rings. The van der Waals surface area contributed by atoms with Crippen LogP contribution in [0.5, 0.6) is 0 Å². The normalized spacial score (nSPS) is 9.73. The summed E-state index contributed by atoms with van der Waals surface area (Å²) in [5, 5.41) is 0. The largest absolute Gasteiger partial charge is 0.465 e. The molecule has 3 nitrogen and oxygen atoms in total. The van der Waals surface area contributed by atoms with E-state index in [1.54, 1.807) is 0 Å². The number of methoxy groups -OCH3 is 1. The lowest BCUT2D eigenvalue weighted by Crippen LogP contribution is -2.02. The van der Waals surface area contributed by atoms with Crippen molar-refractivity contribution in [3.8, 4) is 0 Å². The summed E-state index contributed by atoms with van der Waals surface area (Å²) >= 11 is 2.96. The molecule has 0 radical (unpaired) electrons. The number of nitrogens with one attached hydrogen (secondary N) is 1. The Morgan fingerprint density at radius 1 is 1.82 bits per heavy atom. The summed E-state index contributed by atoms with van der Waals surface area (Å²) in [6.45, 7) is 0. The van der Waals surface area contributed by atoms with E-state index < -0.39 is 11.8 Å². The number of ether oxygens (including phenoxy) is 1. The monoisotopic (exact) mass is 221 g/mol. The summed E-state index contributed by atoms with van der Waals surface area (Å²) in [4.78, 5) is 13.3. The lowest BCUT2D eigenvalue weighted by atomic mass is 10.3. The first-order chi connectivity index (χ1) is 5.16. The van der Waals surface area contributed by atoms with E-state index in [0.29, 0.717) is 4.60 Å². The maximum Gasteiger partial charge on any atom is 0.343 e. The Morgan fingerprint density at radius 2 is 2.45 bits per heavy atom. The zero-order valence-corrected chi connectivity index (χ0v) is 7.24. The molecule has 1 heterocycles. The first-order valence-corrected chi connectivity index (χ1v) is 3.56. The van der Waals surface area contributed by atoms with Gasteiger partial charge in [-0.15, -0.1) is 0 Å². The van der Waals surface area contributed by atoms with Crippen molar-refractivity contribution < 1.29 is 13.9 Å². The zero-order chi connectivity index (χ0) is 8.43. The molecule has 0 aliphatic heterocycles. The average Bonchev–Trinajstić information content (AvgIpc) is 2.30. The third-order valence-electron chi connectivity index (χ3n) is 1.17. The fourth-order valence-electron chi connectivity index (χ4n) is 0.665. The maximum absolute atomic E-state index is 12.7. The molecule has 1 aromatic heterocycles. The van der Waals surface area contributed by atoms with Gasteiger partial charge in [-0.3, -0.25) is 0 Å². The smallest absolute Gasteiger partial charge is 0.343 e. The van der Waals surface area contributed by atoms with Gasteiger partial charge in [0.15, 0.2) is 5.82 Å². The number of carbonyl (C=O) groups excluding carboxylic acids is 1. The van der Waals surface area contributed by atoms with Gasteiger partial charge >= 0.3 is 5.97 Å². The van der Waals surface area contributed by atoms with Crippen LogP contribution in [0, 0.1) is 5.82 Å². The van der Waals surface area contributed by atoms with Crippen molar-refractivity contribution in [3.63, 3.8) is 0 Å². The molecular formula is C6H5BrFNO2. The second kappa shape index (κ2) is 3.04. The van der Waals surface area contributed by atoms with Crippen LogP contribution in [0.1, 0.15) is 10.4 Å². The highest BCUT2D eigenvalue weighted by atomic mass is 79.9. The van der Waals surface area contributed by atoms with E-state index in [1.165, 1.54) is 7.11 Å². The maximum atomic E-state index is 12.7. The summed E-state index contributed by atoms with van der Waals surface area (Å²) in [5.74, 6) is -1.32. The molecule has 0 saturated heterocycles. The Balaban J connectivity index is 3.10. The van der Waals surface area contributed by atoms with Gasteiger partial charge in [0.2, 0.25) is 0 Å². The summed E-state index contributed by atoms with van der Waals surface area (Å²) in [6.07, 6.45) is 1.08. The number of aromatic nitrogens is 1. The van der Waals surface area contributed by atoms with Crippen molar-refractivity contribution in [2.24, 2.45) is 0 Å². The molecule has 0 bridgehead atoms. The van der Waals surface area contributed by atoms with Gasteiger partial charge in [-0.25, -0.2) is 9.18 Å². The van der Waals surface area contributed by atoms with Gasteiger partial charge < -0.3 is 9.72 Å². The quantitative estimate of drug-likeness (QED) is 0.734. The van der Waals surface area contributed by atoms with Gasteiger partial charge in [-0.1, -0.05) is 0 Å². The molecule has 0 aromatic carbocycles. The Labute approximate surface area is 70.7 Å². The molecule has 0 unspecified atom stereocenters. The van der Waals surface area contributed by atoms with Crippen LogP contribution in [-0.4, -0.2) is 18.1 Å². The number of halogens is 2. The van der Waals surface area contributed by atoms with Gasteiger partial charge in [0.05, 0.1) is 11.7 Å². The second-order valence-corrected chi connectivity index (χ2v) is 2.61. The minimum atomic E-state index is -0.698. The lowest BCUT2D eigenvalue weighted by Gasteiger charge is -1.94. The number of hydrogen-bond acceptors (Lipinski definition) is 2. The van der Waals surface area contributed by atoms with Gasteiger partial charge in [0.25, 0.3) is 0 Å². The molecule has 5 heteroatoms. The first-order valence-electron chi connectivity index (χ1n) is 2.77. The van der Waals surface area contributed by atoms with Crippen LogP contribution in [0.3, 0.4) is 0 Å². The minimum Gasteiger partial charge on any atom is -0.465 e. The number of aromatic amines is 1. The Morgan fingerprint density at radius 3 is 2.82 bits per heavy atom. The van der Waals surface area contributed by atoms with Crippen LogP contribution in [0.4, 0.5) is 4.39 Å². The predicted octanol–water partition coefficient (Wildman–Crippen LogP) is 1.70. The molecule has 1 N–H and O–H groups in total. The van der Waals surface area contributed by atoms with Crippen molar-refractivity contribution in [3.05, 3.63) is 22.2 Å². The van der Waals surface area contributed by atoms with E-state index >= 15 is 0 Å². The number of hydrogen-bond donors (Lipinski definition) is 1. The fourth-order valence-corrected chi connectivity index (χ4v) is 1.13. The van der Waals surface area contributed by atoms with Gasteiger partial charge in [-0.05, 0) is 15.9 Å². The number of carbonyl (C=O) groups is 1. The van der Waals surface area contributed by atoms with Crippen LogP contribution >= 0.6 is 15.9 Å². The highest BCUT2D eigenvalue weighted by Crippen LogP contribution is 2.18. The minimum absolute atomic E-state index is 0.104. The summed E-state index contributed by atoms with van der Waals surface area (Å²) in [5.41, 5.74) is -0.104. The number of H-pyrrole nitrogens is 1. The van der Waals surface area contributed by atoms with E-state index in [9.17, 15) is 9.18 Å². The van der Waals surface area contributed by atoms with Crippen LogP contribution in [-0.2, 0) is 4.74 Å². The first kappa shape index (κ1) is 8.26. The molecule has 0 saturated carbocycles. The van der Waals surface area contributed by atoms with Crippen LogP contribution in [0.15, 0.2) is 10.8 Å². The molecule has 0 aliphatic carbocycles. The summed E-state index contributed by atoms with van der Waals surface area (Å²) < 4.78 is 17.3. The van der Waals surface area contributed by atoms with Gasteiger partial charge in [0.1, 0.15) is 5.56 Å². The predicted molar refractivity (Wildman–Crippen MR) is 39.8 cm³/mol. The highest BCUT2D eigenvalue weighted by molar-refractivity contribution is 9.10. The molecular weight excluding hydrogens is 217 g/mol. The van der Waals surface area contributed by atoms with E-state index in [4.69, 9.17) is 0 Å². The topological polar surface area (TPSA) is 42.1 Å². The van der Waals surface area contributed by atoms with Gasteiger partial charge in [-0.2, -0.15) is 0 Å². The van der Waals surface area contributed by atoms with Gasteiger partial charge in [0, 0.05) is 6.20 Å². The van der Waals surface area contributed by atoms with Crippen molar-refractivity contribution in [1.29, 1.82) is 0 Å². The summed E-state index contributed by atoms with van der Waals surface area (Å²) in [7, 11) is 1.20. The van der Waals surface area contributed by atoms with E-state index in [-0.39, 0.29) is 5.56 Å². The standard InChI is InChI=1S/C6H5BrFNO2/c1-11-6(10)4-3(8)2-9-5(4)7/h2,9H,1H3. The van der Waals surface area contributed by atoms with Crippen molar-refractivity contribution in [2.45, 2.75) is 0 Å². The molecule has 11 heavy (non-hydrogen) atoms. The van der Waals surface area contributed by atoms with Crippen LogP contribution in [0.25, 0.3) is 0 Å². The molecule has 1 rings (SSSR count). The Bertz CT molecular complexity index is 265. The molecule has 1 aromatic rings. The molecule has 0 fully saturated rings. The molecule has 0 atom stereocenters. The van der Waals surface area contributed by atoms with Crippen LogP contribution in [0.2, 0.25) is 0 Å². The van der Waals surface area contributed by atoms with Crippen molar-refractivity contribution >= 4 is 21.9 Å². The van der Waals surface area contributed by atoms with E-state index in [2.05, 4.69) is 25.7 Å². The van der Waals surface area contributed by atoms with Crippen LogP contribution < -0.4 is 0 Å². The lowest BCUT2D eigenvalue weighted by molar-refractivity contribution is 0.0595. The number of rotatable bonds is 1. The highest BCUT2D eigenvalue weighted by Gasteiger charge is 2.17. The molecule has 60 valence electrons. The van der Waals surface area contributed by atoms with Crippen molar-refractivity contribution in [2.75, 3.05) is 7.11 Å². The third-order valence-corrected chi connectivity index (χ3v) is 1.80. The zero-order valence-electron chi connectivity index (χ0n) is 5.65. The van der Waals surface area contributed by atoms with Crippen molar-refractivity contribution in [1.82, 2.24) is 4.98 Å². The molecule has 0 spiro atoms. The fraction of sp³-hybridized carbons (Fsp3) is 0.167. The SMILES string of the molecule is COC(=O)c1c(F)c[nH]c1Br. The van der Waals surface area contributed by atoms with E-state index in [1.807, 2.05) is 0 Å². The Hall–Kier alpha value is -0.840. The summed E-state index contributed by atoms with van der Waals surface area (Å²) in [6, 6.07) is 0. The number of esters is 1. The second-order valence-electron chi connectivity index (χ2n) is 1.82.